The second-order valence-electron chi connectivity index (χ2n) is 8.13. The molecule has 4 nitrogen and oxygen atoms in total. The van der Waals surface area contributed by atoms with Crippen molar-refractivity contribution in [2.24, 2.45) is 11.8 Å². The highest BCUT2D eigenvalue weighted by Crippen LogP contribution is 2.64. The van der Waals surface area contributed by atoms with Gasteiger partial charge in [0.15, 0.2) is 0 Å². The standard InChI is InChI=1S/C25H19NO3/c27-14-25-18-12-6-4-10-16(18)20(17-11-5-7-13-19(17)25)21-22(25)24(29)26(23(21)28)15-8-2-1-3-9-15/h1-13,20-22,27H,14H2. The van der Waals surface area contributed by atoms with E-state index in [1.165, 1.54) is 4.90 Å². The van der Waals surface area contributed by atoms with Gasteiger partial charge in [0.2, 0.25) is 11.8 Å². The molecule has 3 aromatic carbocycles. The van der Waals surface area contributed by atoms with E-state index in [9.17, 15) is 14.7 Å². The minimum Gasteiger partial charge on any atom is -0.395 e. The number of nitrogens with zero attached hydrogens (tertiary/aromatic N) is 1. The highest BCUT2D eigenvalue weighted by molar-refractivity contribution is 6.23. The van der Waals surface area contributed by atoms with E-state index < -0.39 is 17.3 Å². The summed E-state index contributed by atoms with van der Waals surface area (Å²) in [5.74, 6) is -1.66. The van der Waals surface area contributed by atoms with Crippen molar-refractivity contribution in [2.45, 2.75) is 11.3 Å². The summed E-state index contributed by atoms with van der Waals surface area (Å²) in [6.45, 7) is -0.212. The number of anilines is 1. The first-order valence-corrected chi connectivity index (χ1v) is 9.92. The number of rotatable bonds is 2. The molecule has 142 valence electrons. The van der Waals surface area contributed by atoms with Crippen LogP contribution in [0.1, 0.15) is 28.2 Å². The topological polar surface area (TPSA) is 57.6 Å². The van der Waals surface area contributed by atoms with E-state index >= 15 is 0 Å². The maximum Gasteiger partial charge on any atom is 0.239 e. The Morgan fingerprint density at radius 1 is 0.759 bits per heavy atom. The van der Waals surface area contributed by atoms with Crippen LogP contribution in [0.3, 0.4) is 0 Å². The van der Waals surface area contributed by atoms with E-state index in [0.717, 1.165) is 22.3 Å². The maximum atomic E-state index is 13.7. The van der Waals surface area contributed by atoms with Crippen LogP contribution in [-0.4, -0.2) is 23.5 Å². The van der Waals surface area contributed by atoms with E-state index in [-0.39, 0.29) is 24.3 Å². The van der Waals surface area contributed by atoms with Crippen molar-refractivity contribution in [1.82, 2.24) is 0 Å². The molecule has 0 radical (unpaired) electrons. The quantitative estimate of drug-likeness (QED) is 0.694. The summed E-state index contributed by atoms with van der Waals surface area (Å²) in [5.41, 5.74) is 3.75. The van der Waals surface area contributed by atoms with Gasteiger partial charge in [-0.05, 0) is 34.4 Å². The predicted octanol–water partition coefficient (Wildman–Crippen LogP) is 3.23. The number of para-hydroxylation sites is 1. The molecular weight excluding hydrogens is 362 g/mol. The SMILES string of the molecule is O=C1C2C3c4ccccc4C(CO)(c4ccccc43)C2C(=O)N1c1ccccc1. The Bertz CT molecular complexity index is 1120. The normalized spacial score (nSPS) is 28.9. The van der Waals surface area contributed by atoms with Crippen molar-refractivity contribution in [3.8, 4) is 0 Å². The number of amides is 2. The number of hydrogen-bond donors (Lipinski definition) is 1. The minimum absolute atomic E-state index is 0.168. The molecule has 1 aliphatic heterocycles. The zero-order chi connectivity index (χ0) is 19.8. The molecule has 29 heavy (non-hydrogen) atoms. The molecule has 3 aromatic rings. The largest absolute Gasteiger partial charge is 0.395 e. The molecule has 2 amide bonds. The van der Waals surface area contributed by atoms with Gasteiger partial charge in [-0.25, -0.2) is 4.90 Å². The van der Waals surface area contributed by atoms with Crippen molar-refractivity contribution in [2.75, 3.05) is 11.5 Å². The van der Waals surface area contributed by atoms with Gasteiger partial charge in [0, 0.05) is 5.92 Å². The third-order valence-electron chi connectivity index (χ3n) is 7.06. The molecule has 0 spiro atoms. The highest BCUT2D eigenvalue weighted by Gasteiger charge is 2.68. The molecule has 0 aromatic heterocycles. The summed E-state index contributed by atoms with van der Waals surface area (Å²) in [6, 6.07) is 25.1. The van der Waals surface area contributed by atoms with Crippen LogP contribution in [0.2, 0.25) is 0 Å². The fraction of sp³-hybridized carbons (Fsp3) is 0.200. The van der Waals surface area contributed by atoms with Crippen molar-refractivity contribution >= 4 is 17.5 Å². The second-order valence-corrected chi connectivity index (χ2v) is 8.13. The summed E-state index contributed by atoms with van der Waals surface area (Å²) in [5, 5.41) is 10.8. The van der Waals surface area contributed by atoms with Gasteiger partial charge in [0.05, 0.1) is 29.5 Å². The van der Waals surface area contributed by atoms with Crippen LogP contribution in [-0.2, 0) is 15.0 Å². The number of aliphatic hydroxyl groups is 1. The Kier molecular flexibility index (Phi) is 3.25. The molecule has 1 fully saturated rings. The monoisotopic (exact) mass is 381 g/mol. The second kappa shape index (κ2) is 5.65. The molecule has 1 N–H and O–H groups in total. The predicted molar refractivity (Wildman–Crippen MR) is 109 cm³/mol. The number of carbonyl (C=O) groups is 2. The Labute approximate surface area is 168 Å². The Balaban J connectivity index is 1.66. The van der Waals surface area contributed by atoms with Gasteiger partial charge in [0.25, 0.3) is 0 Å². The van der Waals surface area contributed by atoms with Gasteiger partial charge >= 0.3 is 0 Å². The lowest BCUT2D eigenvalue weighted by molar-refractivity contribution is -0.124. The zero-order valence-electron chi connectivity index (χ0n) is 15.7. The summed E-state index contributed by atoms with van der Waals surface area (Å²) in [6.07, 6.45) is 0. The van der Waals surface area contributed by atoms with Gasteiger partial charge in [0.1, 0.15) is 0 Å². The number of hydrogen-bond acceptors (Lipinski definition) is 3. The van der Waals surface area contributed by atoms with Crippen LogP contribution in [0.25, 0.3) is 0 Å². The van der Waals surface area contributed by atoms with Crippen LogP contribution >= 0.6 is 0 Å². The van der Waals surface area contributed by atoms with E-state index in [0.29, 0.717) is 5.69 Å². The van der Waals surface area contributed by atoms with Gasteiger partial charge in [-0.3, -0.25) is 9.59 Å². The lowest BCUT2D eigenvalue weighted by Gasteiger charge is -2.53. The summed E-state index contributed by atoms with van der Waals surface area (Å²) in [7, 11) is 0. The number of imide groups is 1. The summed E-state index contributed by atoms with van der Waals surface area (Å²) in [4.78, 5) is 28.7. The molecule has 4 aliphatic rings. The fourth-order valence-corrected chi connectivity index (χ4v) is 6.03. The molecule has 2 atom stereocenters. The Morgan fingerprint density at radius 3 is 1.90 bits per heavy atom. The van der Waals surface area contributed by atoms with E-state index in [2.05, 4.69) is 0 Å². The van der Waals surface area contributed by atoms with E-state index in [4.69, 9.17) is 0 Å². The van der Waals surface area contributed by atoms with Crippen molar-refractivity contribution in [3.63, 3.8) is 0 Å². The lowest BCUT2D eigenvalue weighted by Crippen LogP contribution is -2.55. The van der Waals surface area contributed by atoms with Crippen LogP contribution in [0.5, 0.6) is 0 Å². The van der Waals surface area contributed by atoms with Crippen LogP contribution < -0.4 is 4.90 Å². The van der Waals surface area contributed by atoms with E-state index in [1.54, 1.807) is 12.1 Å². The molecule has 1 saturated heterocycles. The van der Waals surface area contributed by atoms with Gasteiger partial charge in [-0.15, -0.1) is 0 Å². The maximum absolute atomic E-state index is 13.7. The first kappa shape index (κ1) is 16.7. The van der Waals surface area contributed by atoms with Crippen LogP contribution in [0, 0.1) is 11.8 Å². The number of carbonyl (C=O) groups excluding carboxylic acids is 2. The van der Waals surface area contributed by atoms with Gasteiger partial charge in [-0.1, -0.05) is 66.7 Å². The zero-order valence-corrected chi connectivity index (χ0v) is 15.7. The lowest BCUT2D eigenvalue weighted by atomic mass is 9.47. The molecule has 4 heteroatoms. The molecule has 1 heterocycles. The summed E-state index contributed by atoms with van der Waals surface area (Å²) < 4.78 is 0. The number of benzene rings is 3. The first-order valence-electron chi connectivity index (χ1n) is 9.92. The molecule has 0 saturated carbocycles. The number of aliphatic hydroxyl groups excluding tert-OH is 1. The fourth-order valence-electron chi connectivity index (χ4n) is 6.03. The van der Waals surface area contributed by atoms with Gasteiger partial charge < -0.3 is 5.11 Å². The highest BCUT2D eigenvalue weighted by atomic mass is 16.3. The average Bonchev–Trinajstić information content (AvgIpc) is 3.05. The van der Waals surface area contributed by atoms with Crippen molar-refractivity contribution < 1.29 is 14.7 Å². The first-order chi connectivity index (χ1) is 14.2. The van der Waals surface area contributed by atoms with Crippen molar-refractivity contribution in [3.05, 3.63) is 101 Å². The van der Waals surface area contributed by atoms with Gasteiger partial charge in [-0.2, -0.15) is 0 Å². The van der Waals surface area contributed by atoms with Crippen LogP contribution in [0.15, 0.2) is 78.9 Å². The third kappa shape index (κ3) is 1.83. The Morgan fingerprint density at radius 2 is 1.31 bits per heavy atom. The molecule has 7 rings (SSSR count). The smallest absolute Gasteiger partial charge is 0.239 e. The Hall–Kier alpha value is -3.24. The van der Waals surface area contributed by atoms with Crippen molar-refractivity contribution in [1.29, 1.82) is 0 Å². The molecule has 2 unspecified atom stereocenters. The minimum atomic E-state index is -0.900. The van der Waals surface area contributed by atoms with E-state index in [1.807, 2.05) is 66.7 Å². The van der Waals surface area contributed by atoms with Crippen LogP contribution in [0.4, 0.5) is 5.69 Å². The molecule has 2 bridgehead atoms. The molecular formula is C25H19NO3. The summed E-state index contributed by atoms with van der Waals surface area (Å²) >= 11 is 0. The average molecular weight is 381 g/mol. The molecule has 3 aliphatic carbocycles. The third-order valence-corrected chi connectivity index (χ3v) is 7.06.